The fourth-order valence-electron chi connectivity index (χ4n) is 2.83. The van der Waals surface area contributed by atoms with E-state index in [-0.39, 0.29) is 5.91 Å². The van der Waals surface area contributed by atoms with Gasteiger partial charge >= 0.3 is 0 Å². The standard InChI is InChI=1S/C17H24N2O4/c1-12-3-5-13(6-4-12)7-8-17(9-10-17)16(22)19(2)14(11-20)15(21)18-23/h3-6,14,20,23H,7-11H2,1-2H3,(H,18,21). The van der Waals surface area contributed by atoms with Gasteiger partial charge in [0, 0.05) is 12.5 Å². The fraction of sp³-hybridized carbons (Fsp3) is 0.529. The van der Waals surface area contributed by atoms with Crippen LogP contribution in [0.3, 0.4) is 0 Å². The molecule has 3 N–H and O–H groups in total. The maximum Gasteiger partial charge on any atom is 0.268 e. The van der Waals surface area contributed by atoms with Crippen LogP contribution in [0.5, 0.6) is 0 Å². The van der Waals surface area contributed by atoms with Crippen LogP contribution in [0.2, 0.25) is 0 Å². The van der Waals surface area contributed by atoms with Crippen LogP contribution in [0, 0.1) is 12.3 Å². The van der Waals surface area contributed by atoms with Gasteiger partial charge in [-0.1, -0.05) is 29.8 Å². The van der Waals surface area contributed by atoms with Crippen LogP contribution in [0.25, 0.3) is 0 Å². The molecule has 0 spiro atoms. The molecule has 126 valence electrons. The van der Waals surface area contributed by atoms with E-state index in [9.17, 15) is 14.7 Å². The third kappa shape index (κ3) is 3.89. The first-order valence-corrected chi connectivity index (χ1v) is 7.81. The van der Waals surface area contributed by atoms with Crippen LogP contribution < -0.4 is 5.48 Å². The van der Waals surface area contributed by atoms with Crippen LogP contribution in [0.15, 0.2) is 24.3 Å². The van der Waals surface area contributed by atoms with E-state index in [0.29, 0.717) is 0 Å². The summed E-state index contributed by atoms with van der Waals surface area (Å²) in [5.74, 6) is -0.926. The smallest absolute Gasteiger partial charge is 0.268 e. The lowest BCUT2D eigenvalue weighted by Gasteiger charge is -2.29. The van der Waals surface area contributed by atoms with E-state index >= 15 is 0 Å². The molecule has 1 aliphatic rings. The van der Waals surface area contributed by atoms with Gasteiger partial charge in [0.1, 0.15) is 6.04 Å². The number of carbonyl (C=O) groups excluding carboxylic acids is 2. The SMILES string of the molecule is Cc1ccc(CCC2(C(=O)N(C)C(CO)C(=O)NO)CC2)cc1. The fourth-order valence-corrected chi connectivity index (χ4v) is 2.83. The van der Waals surface area contributed by atoms with Gasteiger partial charge in [-0.2, -0.15) is 0 Å². The van der Waals surface area contributed by atoms with Gasteiger partial charge in [0.25, 0.3) is 5.91 Å². The first-order valence-electron chi connectivity index (χ1n) is 7.81. The summed E-state index contributed by atoms with van der Waals surface area (Å²) in [6.45, 7) is 1.51. The molecule has 2 rings (SSSR count). The molecular weight excluding hydrogens is 296 g/mol. The lowest BCUT2D eigenvalue weighted by molar-refractivity contribution is -0.148. The molecule has 0 heterocycles. The molecule has 1 aliphatic carbocycles. The van der Waals surface area contributed by atoms with Gasteiger partial charge in [-0.05, 0) is 38.2 Å². The highest BCUT2D eigenvalue weighted by atomic mass is 16.5. The average Bonchev–Trinajstić information content (AvgIpc) is 3.35. The number of aliphatic hydroxyl groups excluding tert-OH is 1. The van der Waals surface area contributed by atoms with E-state index < -0.39 is 24.0 Å². The van der Waals surface area contributed by atoms with Gasteiger partial charge < -0.3 is 10.0 Å². The zero-order valence-corrected chi connectivity index (χ0v) is 13.6. The van der Waals surface area contributed by atoms with E-state index in [4.69, 9.17) is 5.21 Å². The zero-order valence-electron chi connectivity index (χ0n) is 13.6. The molecule has 0 bridgehead atoms. The second kappa shape index (κ2) is 7.10. The van der Waals surface area contributed by atoms with E-state index in [0.717, 1.165) is 25.7 Å². The monoisotopic (exact) mass is 320 g/mol. The summed E-state index contributed by atoms with van der Waals surface area (Å²) in [6, 6.07) is 7.17. The number of amides is 2. The normalized spacial score (nSPS) is 16.5. The molecule has 6 nitrogen and oxygen atoms in total. The summed E-state index contributed by atoms with van der Waals surface area (Å²) in [5.41, 5.74) is 3.44. The number of hydrogen-bond acceptors (Lipinski definition) is 4. The molecule has 2 amide bonds. The molecule has 6 heteroatoms. The summed E-state index contributed by atoms with van der Waals surface area (Å²) in [6.07, 6.45) is 3.11. The van der Waals surface area contributed by atoms with Gasteiger partial charge in [-0.3, -0.25) is 14.8 Å². The second-order valence-corrected chi connectivity index (χ2v) is 6.36. The van der Waals surface area contributed by atoms with Crippen molar-refractivity contribution in [1.82, 2.24) is 10.4 Å². The molecule has 0 radical (unpaired) electrons. The highest BCUT2D eigenvalue weighted by molar-refractivity contribution is 5.91. The van der Waals surface area contributed by atoms with Crippen LogP contribution in [0.1, 0.15) is 30.4 Å². The van der Waals surface area contributed by atoms with E-state index in [1.807, 2.05) is 6.92 Å². The molecular formula is C17H24N2O4. The second-order valence-electron chi connectivity index (χ2n) is 6.36. The minimum Gasteiger partial charge on any atom is -0.394 e. The third-order valence-corrected chi connectivity index (χ3v) is 4.69. The Morgan fingerprint density at radius 2 is 1.91 bits per heavy atom. The molecule has 1 unspecified atom stereocenters. The summed E-state index contributed by atoms with van der Waals surface area (Å²) in [5, 5.41) is 18.0. The van der Waals surface area contributed by atoms with Crippen molar-refractivity contribution >= 4 is 11.8 Å². The van der Waals surface area contributed by atoms with E-state index in [2.05, 4.69) is 24.3 Å². The molecule has 1 saturated carbocycles. The number of benzene rings is 1. The predicted molar refractivity (Wildman–Crippen MR) is 84.7 cm³/mol. The quantitative estimate of drug-likeness (QED) is 0.517. The molecule has 23 heavy (non-hydrogen) atoms. The first kappa shape index (κ1) is 17.4. The van der Waals surface area contributed by atoms with Crippen molar-refractivity contribution in [2.45, 2.75) is 38.6 Å². The number of aryl methyl sites for hydroxylation is 2. The lowest BCUT2D eigenvalue weighted by Crippen LogP contribution is -2.51. The number of aliphatic hydroxyl groups is 1. The average molecular weight is 320 g/mol. The Balaban J connectivity index is 2.00. The van der Waals surface area contributed by atoms with Gasteiger partial charge in [0.15, 0.2) is 0 Å². The van der Waals surface area contributed by atoms with Crippen molar-refractivity contribution in [2.24, 2.45) is 5.41 Å². The maximum absolute atomic E-state index is 12.7. The number of likely N-dealkylation sites (N-methyl/N-ethyl adjacent to an activating group) is 1. The molecule has 1 atom stereocenters. The van der Waals surface area contributed by atoms with Crippen LogP contribution in [-0.4, -0.2) is 46.7 Å². The first-order chi connectivity index (χ1) is 10.9. The van der Waals surface area contributed by atoms with Crippen LogP contribution in [0.4, 0.5) is 0 Å². The number of nitrogens with zero attached hydrogens (tertiary/aromatic N) is 1. The molecule has 1 aromatic carbocycles. The van der Waals surface area contributed by atoms with Crippen molar-refractivity contribution in [3.05, 3.63) is 35.4 Å². The minimum atomic E-state index is -1.07. The molecule has 1 aromatic rings. The topological polar surface area (TPSA) is 89.9 Å². The van der Waals surface area contributed by atoms with Gasteiger partial charge in [-0.25, -0.2) is 5.48 Å². The molecule has 1 fully saturated rings. The highest BCUT2D eigenvalue weighted by Gasteiger charge is 2.51. The van der Waals surface area contributed by atoms with Gasteiger partial charge in [0.05, 0.1) is 6.61 Å². The largest absolute Gasteiger partial charge is 0.394 e. The van der Waals surface area contributed by atoms with Crippen LogP contribution in [-0.2, 0) is 16.0 Å². The Kier molecular flexibility index (Phi) is 5.38. The van der Waals surface area contributed by atoms with Crippen molar-refractivity contribution in [3.63, 3.8) is 0 Å². The molecule has 0 aromatic heterocycles. The molecule has 0 aliphatic heterocycles. The van der Waals surface area contributed by atoms with Crippen LogP contribution >= 0.6 is 0 Å². The Hall–Kier alpha value is -1.92. The Bertz CT molecular complexity index is 566. The number of hydrogen-bond donors (Lipinski definition) is 3. The van der Waals surface area contributed by atoms with Crippen molar-refractivity contribution < 1.29 is 19.9 Å². The van der Waals surface area contributed by atoms with E-state index in [1.54, 1.807) is 0 Å². The number of nitrogens with one attached hydrogen (secondary N) is 1. The van der Waals surface area contributed by atoms with Crippen molar-refractivity contribution in [2.75, 3.05) is 13.7 Å². The minimum absolute atomic E-state index is 0.146. The third-order valence-electron chi connectivity index (χ3n) is 4.69. The summed E-state index contributed by atoms with van der Waals surface area (Å²) in [4.78, 5) is 25.5. The molecule has 0 saturated heterocycles. The predicted octanol–water partition coefficient (Wildman–Crippen LogP) is 1.03. The van der Waals surface area contributed by atoms with Crippen molar-refractivity contribution in [3.8, 4) is 0 Å². The summed E-state index contributed by atoms with van der Waals surface area (Å²) >= 11 is 0. The number of hydroxylamine groups is 1. The number of rotatable bonds is 7. The van der Waals surface area contributed by atoms with Gasteiger partial charge in [0.2, 0.25) is 5.91 Å². The Morgan fingerprint density at radius 3 is 2.39 bits per heavy atom. The summed E-state index contributed by atoms with van der Waals surface area (Å²) < 4.78 is 0. The zero-order chi connectivity index (χ0) is 17.0. The Labute approximate surface area is 136 Å². The lowest BCUT2D eigenvalue weighted by atomic mass is 9.94. The van der Waals surface area contributed by atoms with Crippen molar-refractivity contribution in [1.29, 1.82) is 0 Å². The highest BCUT2D eigenvalue weighted by Crippen LogP contribution is 2.51. The van der Waals surface area contributed by atoms with E-state index in [1.165, 1.54) is 28.6 Å². The number of carbonyl (C=O) groups is 2. The summed E-state index contributed by atoms with van der Waals surface area (Å²) in [7, 11) is 1.49. The van der Waals surface area contributed by atoms with Gasteiger partial charge in [-0.15, -0.1) is 0 Å². The maximum atomic E-state index is 12.7. The Morgan fingerprint density at radius 1 is 1.30 bits per heavy atom.